The fourth-order valence-corrected chi connectivity index (χ4v) is 0.794. The quantitative estimate of drug-likeness (QED) is 0.559. The van der Waals surface area contributed by atoms with Crippen LogP contribution in [0.5, 0.6) is 5.75 Å². The van der Waals surface area contributed by atoms with Gasteiger partial charge in [0.2, 0.25) is 0 Å². The molecule has 62 valence electrons. The van der Waals surface area contributed by atoms with E-state index in [0.29, 0.717) is 0 Å². The molecule has 5 heteroatoms. The molecule has 0 atom stereocenters. The number of nitrogens with one attached hydrogen (secondary N) is 1. The van der Waals surface area contributed by atoms with Crippen LogP contribution in [0.25, 0.3) is 0 Å². The third kappa shape index (κ3) is 1.57. The summed E-state index contributed by atoms with van der Waals surface area (Å²) in [7, 11) is 0. The van der Waals surface area contributed by atoms with Gasteiger partial charge in [-0.15, -0.1) is 0 Å². The Balaban J connectivity index is 3.23. The summed E-state index contributed by atoms with van der Waals surface area (Å²) in [6, 6.07) is 3.33. The van der Waals surface area contributed by atoms with E-state index in [0.717, 1.165) is 18.2 Å². The molecule has 1 aromatic rings. The number of carboxylic acid groups (broad SMARTS) is 1. The number of carbonyl (C=O) groups is 1. The minimum Gasteiger partial charge on any atom is -0.508 e. The van der Waals surface area contributed by atoms with Crippen molar-refractivity contribution in [3.8, 4) is 5.75 Å². The number of benzene rings is 1. The highest BCUT2D eigenvalue weighted by atomic mass is 16.4. The minimum atomic E-state index is -1.19. The van der Waals surface area contributed by atoms with Crippen molar-refractivity contribution in [3.05, 3.63) is 28.7 Å². The number of carboxylic acids is 1. The summed E-state index contributed by atoms with van der Waals surface area (Å²) in [5.74, 6) is -1.45. The zero-order valence-corrected chi connectivity index (χ0v) is 5.94. The normalized spacial score (nSPS) is 9.33. The molecular weight excluding hydrogens is 162 g/mol. The van der Waals surface area contributed by atoms with Crippen molar-refractivity contribution >= 4 is 11.7 Å². The summed E-state index contributed by atoms with van der Waals surface area (Å²) >= 11 is 0. The first-order valence-corrected chi connectivity index (χ1v) is 3.09. The molecular formula is C7H6NO4+. The van der Waals surface area contributed by atoms with Gasteiger partial charge in [0.25, 0.3) is 5.69 Å². The summed E-state index contributed by atoms with van der Waals surface area (Å²) in [6.45, 7) is 0. The van der Waals surface area contributed by atoms with Crippen molar-refractivity contribution in [1.82, 2.24) is 0 Å². The Morgan fingerprint density at radius 3 is 2.50 bits per heavy atom. The summed E-state index contributed by atoms with van der Waals surface area (Å²) in [6.07, 6.45) is 0. The molecule has 0 heterocycles. The van der Waals surface area contributed by atoms with Crippen LogP contribution < -0.4 is 5.18 Å². The standard InChI is InChI=1S/C7H5NO4/c9-6-2-4(7(10)11)1-5(3-6)8-12/h1-3,9H,(H,10,11)/p+1. The molecule has 0 unspecified atom stereocenters. The molecule has 0 radical (unpaired) electrons. The van der Waals surface area contributed by atoms with Crippen molar-refractivity contribution < 1.29 is 20.2 Å². The number of phenolic OH excluding ortho intramolecular Hbond substituents is 1. The second-order valence-electron chi connectivity index (χ2n) is 2.18. The molecule has 0 amide bonds. The summed E-state index contributed by atoms with van der Waals surface area (Å²) in [5, 5.41) is 18.9. The van der Waals surface area contributed by atoms with Crippen LogP contribution in [0.1, 0.15) is 10.4 Å². The summed E-state index contributed by atoms with van der Waals surface area (Å²) in [4.78, 5) is 20.5. The minimum absolute atomic E-state index is 0.0207. The van der Waals surface area contributed by atoms with E-state index >= 15 is 0 Å². The van der Waals surface area contributed by atoms with Crippen molar-refractivity contribution in [1.29, 1.82) is 0 Å². The van der Waals surface area contributed by atoms with Gasteiger partial charge in [0, 0.05) is 16.2 Å². The lowest BCUT2D eigenvalue weighted by molar-refractivity contribution is -0.379. The van der Waals surface area contributed by atoms with Gasteiger partial charge in [-0.2, -0.15) is 0 Å². The molecule has 1 aromatic carbocycles. The molecule has 3 N–H and O–H groups in total. The fourth-order valence-electron chi connectivity index (χ4n) is 0.794. The van der Waals surface area contributed by atoms with E-state index in [1.807, 2.05) is 0 Å². The number of aromatic hydroxyl groups is 1. The van der Waals surface area contributed by atoms with Crippen LogP contribution >= 0.6 is 0 Å². The van der Waals surface area contributed by atoms with Gasteiger partial charge in [-0.05, 0) is 6.07 Å². The van der Waals surface area contributed by atoms with Gasteiger partial charge < -0.3 is 10.2 Å². The second-order valence-corrected chi connectivity index (χ2v) is 2.18. The second kappa shape index (κ2) is 3.00. The predicted molar refractivity (Wildman–Crippen MR) is 39.1 cm³/mol. The average Bonchev–Trinajstić information content (AvgIpc) is 2.03. The highest BCUT2D eigenvalue weighted by molar-refractivity contribution is 5.88. The highest BCUT2D eigenvalue weighted by Crippen LogP contribution is 2.15. The Labute approximate surface area is 67.2 Å². The zero-order chi connectivity index (χ0) is 9.14. The smallest absolute Gasteiger partial charge is 0.336 e. The maximum Gasteiger partial charge on any atom is 0.336 e. The van der Waals surface area contributed by atoms with Gasteiger partial charge in [-0.3, -0.25) is 0 Å². The third-order valence-electron chi connectivity index (χ3n) is 1.28. The van der Waals surface area contributed by atoms with Crippen LogP contribution in [0.4, 0.5) is 5.69 Å². The van der Waals surface area contributed by atoms with E-state index in [1.165, 1.54) is 5.18 Å². The average molecular weight is 168 g/mol. The molecule has 0 fully saturated rings. The lowest BCUT2D eigenvalue weighted by Crippen LogP contribution is -2.55. The Morgan fingerprint density at radius 2 is 2.00 bits per heavy atom. The Morgan fingerprint density at radius 1 is 1.33 bits per heavy atom. The maximum absolute atomic E-state index is 10.4. The molecule has 0 aliphatic carbocycles. The van der Waals surface area contributed by atoms with Crippen LogP contribution in [0.2, 0.25) is 0 Å². The van der Waals surface area contributed by atoms with E-state index in [2.05, 4.69) is 0 Å². The van der Waals surface area contributed by atoms with Gasteiger partial charge in [-0.1, -0.05) is 0 Å². The lowest BCUT2D eigenvalue weighted by Gasteiger charge is -1.93. The molecule has 1 rings (SSSR count). The Bertz CT molecular complexity index is 334. The monoisotopic (exact) mass is 168 g/mol. The van der Waals surface area contributed by atoms with E-state index < -0.39 is 5.97 Å². The molecule has 0 saturated carbocycles. The number of aromatic carboxylic acids is 1. The predicted octanol–water partition coefficient (Wildman–Crippen LogP) is -0.431. The molecule has 0 saturated heterocycles. The number of hydrogen-bond acceptors (Lipinski definition) is 3. The topological polar surface area (TPSA) is 88.6 Å². The van der Waals surface area contributed by atoms with Crippen LogP contribution in [-0.4, -0.2) is 16.2 Å². The largest absolute Gasteiger partial charge is 0.508 e. The van der Waals surface area contributed by atoms with Crippen molar-refractivity contribution in [3.63, 3.8) is 0 Å². The number of nitroso groups, excluding NO2 is 1. The summed E-state index contributed by atoms with van der Waals surface area (Å²) < 4.78 is 0. The van der Waals surface area contributed by atoms with Crippen molar-refractivity contribution in [2.75, 3.05) is 0 Å². The number of hydrogen-bond donors (Lipinski definition) is 3. The third-order valence-corrected chi connectivity index (χ3v) is 1.28. The lowest BCUT2D eigenvalue weighted by atomic mass is 10.2. The first-order valence-electron chi connectivity index (χ1n) is 3.09. The first-order chi connectivity index (χ1) is 5.63. The van der Waals surface area contributed by atoms with E-state index in [4.69, 9.17) is 10.2 Å². The number of phenols is 1. The van der Waals surface area contributed by atoms with Crippen molar-refractivity contribution in [2.24, 2.45) is 0 Å². The molecule has 0 bridgehead atoms. The molecule has 0 spiro atoms. The van der Waals surface area contributed by atoms with E-state index in [1.54, 1.807) is 0 Å². The van der Waals surface area contributed by atoms with E-state index in [-0.39, 0.29) is 17.0 Å². The van der Waals surface area contributed by atoms with Gasteiger partial charge in [0.15, 0.2) is 0 Å². The van der Waals surface area contributed by atoms with Crippen molar-refractivity contribution in [2.45, 2.75) is 0 Å². The fraction of sp³-hybridized carbons (Fsp3) is 0. The van der Waals surface area contributed by atoms with Crippen LogP contribution in [0.3, 0.4) is 0 Å². The first kappa shape index (κ1) is 8.19. The van der Waals surface area contributed by atoms with Gasteiger partial charge in [0.1, 0.15) is 5.75 Å². The Hall–Kier alpha value is -1.91. The van der Waals surface area contributed by atoms with Crippen LogP contribution in [0.15, 0.2) is 18.2 Å². The molecule has 0 aliphatic rings. The van der Waals surface area contributed by atoms with Crippen LogP contribution in [-0.2, 0) is 0 Å². The SMILES string of the molecule is O=[NH+]c1cc(O)cc(C(=O)O)c1. The highest BCUT2D eigenvalue weighted by Gasteiger charge is 2.09. The van der Waals surface area contributed by atoms with E-state index in [9.17, 15) is 9.70 Å². The summed E-state index contributed by atoms with van der Waals surface area (Å²) in [5.41, 5.74) is -0.110. The van der Waals surface area contributed by atoms with Crippen LogP contribution in [0, 0.1) is 4.91 Å². The molecule has 0 aliphatic heterocycles. The van der Waals surface area contributed by atoms with Gasteiger partial charge in [-0.25, -0.2) is 4.79 Å². The van der Waals surface area contributed by atoms with Gasteiger partial charge in [0.05, 0.1) is 11.6 Å². The molecule has 12 heavy (non-hydrogen) atoms. The number of rotatable bonds is 2. The maximum atomic E-state index is 10.4. The zero-order valence-electron chi connectivity index (χ0n) is 5.94. The van der Waals surface area contributed by atoms with Gasteiger partial charge >= 0.3 is 5.97 Å². The molecule has 5 nitrogen and oxygen atoms in total. The molecule has 0 aromatic heterocycles. The Kier molecular flexibility index (Phi) is 2.05.